The predicted octanol–water partition coefficient (Wildman–Crippen LogP) is 2.69. The first-order chi connectivity index (χ1) is 10.0. The molecular weight excluding hydrogens is 290 g/mol. The number of tetrazole rings is 1. The van der Waals surface area contributed by atoms with Gasteiger partial charge in [0.15, 0.2) is 0 Å². The highest BCUT2D eigenvalue weighted by Gasteiger charge is 2.29. The van der Waals surface area contributed by atoms with Crippen molar-refractivity contribution in [3.8, 4) is 5.69 Å². The number of rotatable bonds is 3. The lowest BCUT2D eigenvalue weighted by Crippen LogP contribution is -2.40. The van der Waals surface area contributed by atoms with Crippen LogP contribution in [0.25, 0.3) is 5.69 Å². The minimum atomic E-state index is -0.101. The van der Waals surface area contributed by atoms with Gasteiger partial charge in [0.1, 0.15) is 6.33 Å². The fourth-order valence-electron chi connectivity index (χ4n) is 2.62. The monoisotopic (exact) mass is 307 g/mol. The van der Waals surface area contributed by atoms with E-state index in [0.29, 0.717) is 11.1 Å². The van der Waals surface area contributed by atoms with E-state index in [1.165, 1.54) is 0 Å². The molecule has 3 rings (SSSR count). The van der Waals surface area contributed by atoms with E-state index in [0.717, 1.165) is 30.8 Å². The quantitative estimate of drug-likeness (QED) is 0.944. The Morgan fingerprint density at radius 3 is 3.00 bits per heavy atom. The SMILES string of the molecule is CC1(C)CC(Nc2cc(-n3cnnn3)ccc2Cl)CCO1. The summed E-state index contributed by atoms with van der Waals surface area (Å²) in [6.07, 6.45) is 3.47. The van der Waals surface area contributed by atoms with Crippen LogP contribution in [0.15, 0.2) is 24.5 Å². The smallest absolute Gasteiger partial charge is 0.143 e. The van der Waals surface area contributed by atoms with Crippen LogP contribution < -0.4 is 5.32 Å². The summed E-state index contributed by atoms with van der Waals surface area (Å²) >= 11 is 6.29. The fraction of sp³-hybridized carbons (Fsp3) is 0.500. The van der Waals surface area contributed by atoms with E-state index in [-0.39, 0.29) is 5.60 Å². The summed E-state index contributed by atoms with van der Waals surface area (Å²) in [5.41, 5.74) is 1.67. The largest absolute Gasteiger partial charge is 0.381 e. The molecule has 1 N–H and O–H groups in total. The number of nitrogens with one attached hydrogen (secondary N) is 1. The Morgan fingerprint density at radius 1 is 1.43 bits per heavy atom. The van der Waals surface area contributed by atoms with E-state index in [1.54, 1.807) is 11.0 Å². The molecule has 2 heterocycles. The highest BCUT2D eigenvalue weighted by atomic mass is 35.5. The summed E-state index contributed by atoms with van der Waals surface area (Å²) in [5.74, 6) is 0. The molecule has 1 aliphatic heterocycles. The molecule has 0 amide bonds. The molecule has 0 bridgehead atoms. The van der Waals surface area contributed by atoms with Gasteiger partial charge in [-0.3, -0.25) is 0 Å². The summed E-state index contributed by atoms with van der Waals surface area (Å²) in [4.78, 5) is 0. The highest BCUT2D eigenvalue weighted by Crippen LogP contribution is 2.30. The van der Waals surface area contributed by atoms with Gasteiger partial charge in [0.25, 0.3) is 0 Å². The molecule has 1 aromatic carbocycles. The second-order valence-electron chi connectivity index (χ2n) is 5.86. The molecule has 112 valence electrons. The molecule has 0 radical (unpaired) electrons. The van der Waals surface area contributed by atoms with Gasteiger partial charge in [0.05, 0.1) is 22.0 Å². The Bertz CT molecular complexity index is 614. The summed E-state index contributed by atoms with van der Waals surface area (Å²) in [6.45, 7) is 4.98. The second-order valence-corrected chi connectivity index (χ2v) is 6.27. The molecule has 6 nitrogen and oxygen atoms in total. The third kappa shape index (κ3) is 3.33. The van der Waals surface area contributed by atoms with Gasteiger partial charge in [0, 0.05) is 12.6 Å². The summed E-state index contributed by atoms with van der Waals surface area (Å²) in [6, 6.07) is 6.04. The molecule has 1 atom stereocenters. The predicted molar refractivity (Wildman–Crippen MR) is 80.8 cm³/mol. The number of benzene rings is 1. The van der Waals surface area contributed by atoms with E-state index in [2.05, 4.69) is 34.7 Å². The Morgan fingerprint density at radius 2 is 2.29 bits per heavy atom. The first kappa shape index (κ1) is 14.3. The molecule has 0 spiro atoms. The van der Waals surface area contributed by atoms with Gasteiger partial charge in [-0.05, 0) is 55.3 Å². The standard InChI is InChI=1S/C14H18ClN5O/c1-14(2)8-10(5-6-21-14)17-13-7-11(3-4-12(13)15)20-9-16-18-19-20/h3-4,7,9-10,17H,5-6,8H2,1-2H3. The lowest BCUT2D eigenvalue weighted by Gasteiger charge is -2.36. The highest BCUT2D eigenvalue weighted by molar-refractivity contribution is 6.33. The van der Waals surface area contributed by atoms with Crippen LogP contribution >= 0.6 is 11.6 Å². The van der Waals surface area contributed by atoms with E-state index in [1.807, 2.05) is 18.2 Å². The third-order valence-corrected chi connectivity index (χ3v) is 3.95. The number of anilines is 1. The van der Waals surface area contributed by atoms with Crippen LogP contribution in [-0.2, 0) is 4.74 Å². The van der Waals surface area contributed by atoms with E-state index in [9.17, 15) is 0 Å². The molecule has 7 heteroatoms. The zero-order valence-corrected chi connectivity index (χ0v) is 12.8. The molecule has 21 heavy (non-hydrogen) atoms. The number of ether oxygens (including phenoxy) is 1. The average molecular weight is 308 g/mol. The number of nitrogens with zero attached hydrogens (tertiary/aromatic N) is 4. The molecular formula is C14H18ClN5O. The Hall–Kier alpha value is -1.66. The number of halogens is 1. The van der Waals surface area contributed by atoms with E-state index in [4.69, 9.17) is 16.3 Å². The first-order valence-corrected chi connectivity index (χ1v) is 7.35. The Kier molecular flexibility index (Phi) is 3.82. The molecule has 0 aliphatic carbocycles. The Labute approximate surface area is 128 Å². The maximum absolute atomic E-state index is 6.29. The molecule has 1 saturated heterocycles. The Balaban J connectivity index is 1.80. The molecule has 1 unspecified atom stereocenters. The molecule has 1 fully saturated rings. The van der Waals surface area contributed by atoms with Gasteiger partial charge in [0.2, 0.25) is 0 Å². The number of hydrogen-bond acceptors (Lipinski definition) is 5. The zero-order chi connectivity index (χ0) is 14.9. The van der Waals surface area contributed by atoms with Gasteiger partial charge >= 0.3 is 0 Å². The fourth-order valence-corrected chi connectivity index (χ4v) is 2.79. The van der Waals surface area contributed by atoms with Gasteiger partial charge < -0.3 is 10.1 Å². The van der Waals surface area contributed by atoms with Gasteiger partial charge in [-0.1, -0.05) is 11.6 Å². The van der Waals surface area contributed by atoms with E-state index >= 15 is 0 Å². The van der Waals surface area contributed by atoms with Crippen LogP contribution in [-0.4, -0.2) is 38.5 Å². The average Bonchev–Trinajstić information content (AvgIpc) is 2.94. The molecule has 0 saturated carbocycles. The second kappa shape index (κ2) is 5.61. The van der Waals surface area contributed by atoms with Gasteiger partial charge in [-0.2, -0.15) is 0 Å². The van der Waals surface area contributed by atoms with Crippen LogP contribution in [0.5, 0.6) is 0 Å². The van der Waals surface area contributed by atoms with Crippen molar-refractivity contribution in [3.05, 3.63) is 29.5 Å². The van der Waals surface area contributed by atoms with Crippen molar-refractivity contribution in [3.63, 3.8) is 0 Å². The van der Waals surface area contributed by atoms with Crippen molar-refractivity contribution in [2.24, 2.45) is 0 Å². The minimum absolute atomic E-state index is 0.101. The number of aromatic nitrogens is 4. The zero-order valence-electron chi connectivity index (χ0n) is 12.1. The summed E-state index contributed by atoms with van der Waals surface area (Å²) in [5, 5.41) is 15.4. The summed E-state index contributed by atoms with van der Waals surface area (Å²) in [7, 11) is 0. The maximum Gasteiger partial charge on any atom is 0.143 e. The van der Waals surface area contributed by atoms with Crippen molar-refractivity contribution in [2.45, 2.75) is 38.3 Å². The topological polar surface area (TPSA) is 64.9 Å². The van der Waals surface area contributed by atoms with Crippen LogP contribution in [0.4, 0.5) is 5.69 Å². The molecule has 2 aromatic rings. The van der Waals surface area contributed by atoms with Crippen molar-refractivity contribution in [2.75, 3.05) is 11.9 Å². The first-order valence-electron chi connectivity index (χ1n) is 6.97. The van der Waals surface area contributed by atoms with Crippen molar-refractivity contribution in [1.29, 1.82) is 0 Å². The third-order valence-electron chi connectivity index (χ3n) is 3.62. The van der Waals surface area contributed by atoms with Crippen LogP contribution in [0.3, 0.4) is 0 Å². The van der Waals surface area contributed by atoms with Crippen molar-refractivity contribution in [1.82, 2.24) is 20.2 Å². The van der Waals surface area contributed by atoms with Crippen LogP contribution in [0.2, 0.25) is 5.02 Å². The lowest BCUT2D eigenvalue weighted by molar-refractivity contribution is -0.0553. The normalized spacial score (nSPS) is 21.2. The molecule has 1 aromatic heterocycles. The van der Waals surface area contributed by atoms with Gasteiger partial charge in [-0.15, -0.1) is 5.10 Å². The van der Waals surface area contributed by atoms with Crippen molar-refractivity contribution >= 4 is 17.3 Å². The van der Waals surface area contributed by atoms with Crippen molar-refractivity contribution < 1.29 is 4.74 Å². The molecule has 1 aliphatic rings. The van der Waals surface area contributed by atoms with Crippen LogP contribution in [0, 0.1) is 0 Å². The van der Waals surface area contributed by atoms with E-state index < -0.39 is 0 Å². The summed E-state index contributed by atoms with van der Waals surface area (Å²) < 4.78 is 7.35. The minimum Gasteiger partial charge on any atom is -0.381 e. The lowest BCUT2D eigenvalue weighted by atomic mass is 9.94. The number of hydrogen-bond donors (Lipinski definition) is 1. The van der Waals surface area contributed by atoms with Crippen LogP contribution in [0.1, 0.15) is 26.7 Å². The van der Waals surface area contributed by atoms with Gasteiger partial charge in [-0.25, -0.2) is 4.68 Å². The maximum atomic E-state index is 6.29.